The number of ether oxygens (including phenoxy) is 1. The van der Waals surface area contributed by atoms with Crippen molar-refractivity contribution < 1.29 is 13.9 Å². The largest absolute Gasteiger partial charge is 0.444 e. The lowest BCUT2D eigenvalue weighted by atomic mass is 9.84. The van der Waals surface area contributed by atoms with Crippen molar-refractivity contribution in [1.82, 2.24) is 4.90 Å². The molecule has 0 aliphatic carbocycles. The minimum atomic E-state index is -0.709. The van der Waals surface area contributed by atoms with Gasteiger partial charge < -0.3 is 4.74 Å². The monoisotopic (exact) mass is 332 g/mol. The fourth-order valence-electron chi connectivity index (χ4n) is 3.20. The van der Waals surface area contributed by atoms with E-state index >= 15 is 0 Å². The highest BCUT2D eigenvalue weighted by Crippen LogP contribution is 2.43. The van der Waals surface area contributed by atoms with Crippen molar-refractivity contribution in [3.63, 3.8) is 0 Å². The summed E-state index contributed by atoms with van der Waals surface area (Å²) in [6.07, 6.45) is 0.905. The van der Waals surface area contributed by atoms with Gasteiger partial charge in [-0.2, -0.15) is 5.26 Å². The second-order valence-electron chi connectivity index (χ2n) is 7.89. The number of benzene rings is 1. The predicted octanol–water partition coefficient (Wildman–Crippen LogP) is 4.82. The Hall–Kier alpha value is -2.09. The molecule has 1 aliphatic rings. The summed E-state index contributed by atoms with van der Waals surface area (Å²) >= 11 is 0. The molecule has 1 fully saturated rings. The molecule has 1 saturated heterocycles. The van der Waals surface area contributed by atoms with Crippen LogP contribution in [0.4, 0.5) is 9.18 Å². The van der Waals surface area contributed by atoms with Crippen LogP contribution in [0.3, 0.4) is 0 Å². The van der Waals surface area contributed by atoms with Crippen LogP contribution in [-0.2, 0) is 4.74 Å². The number of carbonyl (C=O) groups excluding carboxylic acids is 1. The molecule has 0 unspecified atom stereocenters. The Morgan fingerprint density at radius 3 is 2.50 bits per heavy atom. The van der Waals surface area contributed by atoms with E-state index in [9.17, 15) is 14.4 Å². The third-order valence-electron chi connectivity index (χ3n) is 4.34. The van der Waals surface area contributed by atoms with Gasteiger partial charge in [0.15, 0.2) is 0 Å². The fraction of sp³-hybridized carbons (Fsp3) is 0.579. The lowest BCUT2D eigenvalue weighted by Crippen LogP contribution is -2.46. The van der Waals surface area contributed by atoms with Gasteiger partial charge in [0.05, 0.1) is 23.6 Å². The maximum Gasteiger partial charge on any atom is 0.411 e. The summed E-state index contributed by atoms with van der Waals surface area (Å²) in [4.78, 5) is 14.4. The molecule has 1 aliphatic heterocycles. The van der Waals surface area contributed by atoms with Crippen LogP contribution in [0.25, 0.3) is 0 Å². The average Bonchev–Trinajstić information content (AvgIpc) is 2.91. The molecule has 1 aromatic rings. The summed E-state index contributed by atoms with van der Waals surface area (Å²) in [5.41, 5.74) is -0.607. The summed E-state index contributed by atoms with van der Waals surface area (Å²) in [6.45, 7) is 9.07. The molecule has 1 aromatic carbocycles. The first kappa shape index (κ1) is 18.3. The fourth-order valence-corrected chi connectivity index (χ4v) is 3.20. The minimum absolute atomic E-state index is 0.273. The minimum Gasteiger partial charge on any atom is -0.444 e. The summed E-state index contributed by atoms with van der Waals surface area (Å²) < 4.78 is 19.2. The van der Waals surface area contributed by atoms with E-state index in [0.29, 0.717) is 12.8 Å². The van der Waals surface area contributed by atoms with E-state index in [2.05, 4.69) is 6.07 Å². The third-order valence-corrected chi connectivity index (χ3v) is 4.34. The highest BCUT2D eigenvalue weighted by Gasteiger charge is 2.47. The summed E-state index contributed by atoms with van der Waals surface area (Å²) in [5, 5.41) is 9.50. The van der Waals surface area contributed by atoms with Crippen LogP contribution >= 0.6 is 0 Å². The van der Waals surface area contributed by atoms with E-state index in [1.54, 1.807) is 11.0 Å². The molecule has 0 N–H and O–H groups in total. The van der Waals surface area contributed by atoms with Gasteiger partial charge in [-0.1, -0.05) is 12.1 Å². The number of hydrogen-bond donors (Lipinski definition) is 0. The van der Waals surface area contributed by atoms with Crippen molar-refractivity contribution in [3.05, 3.63) is 35.6 Å². The number of carbonyl (C=O) groups is 1. The molecule has 2 atom stereocenters. The first-order valence-electron chi connectivity index (χ1n) is 8.23. The smallest absolute Gasteiger partial charge is 0.411 e. The zero-order chi connectivity index (χ0) is 18.1. The van der Waals surface area contributed by atoms with Crippen LogP contribution in [0.2, 0.25) is 0 Å². The topological polar surface area (TPSA) is 53.3 Å². The first-order chi connectivity index (χ1) is 11.0. The second kappa shape index (κ2) is 6.43. The Morgan fingerprint density at radius 2 is 1.96 bits per heavy atom. The van der Waals surface area contributed by atoms with Crippen LogP contribution < -0.4 is 0 Å². The lowest BCUT2D eigenvalue weighted by molar-refractivity contribution is 0.00582. The molecule has 24 heavy (non-hydrogen) atoms. The van der Waals surface area contributed by atoms with Crippen molar-refractivity contribution >= 4 is 6.09 Å². The summed E-state index contributed by atoms with van der Waals surface area (Å²) in [6, 6.07) is 8.02. The van der Waals surface area contributed by atoms with Gasteiger partial charge in [-0.05, 0) is 65.2 Å². The zero-order valence-corrected chi connectivity index (χ0v) is 15.0. The maximum absolute atomic E-state index is 13.6. The third kappa shape index (κ3) is 3.87. The molecule has 0 bridgehead atoms. The molecule has 5 heteroatoms. The van der Waals surface area contributed by atoms with Crippen LogP contribution in [0.15, 0.2) is 24.3 Å². The van der Waals surface area contributed by atoms with E-state index in [4.69, 9.17) is 4.74 Å². The molecule has 0 saturated carbocycles. The van der Waals surface area contributed by atoms with Gasteiger partial charge in [0.2, 0.25) is 0 Å². The Labute approximate surface area is 143 Å². The number of nitriles is 1. The van der Waals surface area contributed by atoms with Gasteiger partial charge in [0.1, 0.15) is 11.4 Å². The summed E-state index contributed by atoms with van der Waals surface area (Å²) in [7, 11) is 0. The number of amides is 1. The predicted molar refractivity (Wildman–Crippen MR) is 89.6 cm³/mol. The lowest BCUT2D eigenvalue weighted by Gasteiger charge is -2.37. The number of nitrogens with zero attached hydrogens (tertiary/aromatic N) is 2. The molecular weight excluding hydrogens is 307 g/mol. The van der Waals surface area contributed by atoms with Gasteiger partial charge in [-0.15, -0.1) is 0 Å². The standard InChI is InChI=1S/C19H25FN2O2/c1-18(2,3)24-17(23)22-15(13-7-6-8-14(20)11-13)9-10-16(22)19(4,5)12-21/h6-8,11,15-16H,9-10H2,1-5H3/t15-,16+/m0/s1. The molecule has 2 rings (SSSR count). The van der Waals surface area contributed by atoms with Crippen molar-refractivity contribution in [2.75, 3.05) is 0 Å². The Bertz CT molecular complexity index is 658. The second-order valence-corrected chi connectivity index (χ2v) is 7.89. The Balaban J connectivity index is 2.40. The molecule has 4 nitrogen and oxygen atoms in total. The quantitative estimate of drug-likeness (QED) is 0.780. The number of rotatable bonds is 2. The summed E-state index contributed by atoms with van der Waals surface area (Å²) in [5.74, 6) is -0.334. The van der Waals surface area contributed by atoms with E-state index in [-0.39, 0.29) is 17.9 Å². The number of hydrogen-bond acceptors (Lipinski definition) is 3. The Kier molecular flexibility index (Phi) is 4.89. The SMILES string of the molecule is CC(C)(C)OC(=O)N1[C@H](c2cccc(F)c2)CC[C@@H]1C(C)(C)C#N. The molecule has 0 radical (unpaired) electrons. The van der Waals surface area contributed by atoms with Gasteiger partial charge in [0.25, 0.3) is 0 Å². The van der Waals surface area contributed by atoms with Gasteiger partial charge in [0, 0.05) is 0 Å². The molecular formula is C19H25FN2O2. The van der Waals surface area contributed by atoms with Crippen LogP contribution in [-0.4, -0.2) is 22.6 Å². The maximum atomic E-state index is 13.6. The van der Waals surface area contributed by atoms with E-state index in [0.717, 1.165) is 5.56 Å². The van der Waals surface area contributed by atoms with Crippen LogP contribution in [0.1, 0.15) is 59.1 Å². The van der Waals surface area contributed by atoms with Crippen molar-refractivity contribution in [3.8, 4) is 6.07 Å². The molecule has 1 amide bonds. The van der Waals surface area contributed by atoms with Gasteiger partial charge >= 0.3 is 6.09 Å². The van der Waals surface area contributed by atoms with Crippen molar-refractivity contribution in [1.29, 1.82) is 5.26 Å². The van der Waals surface area contributed by atoms with Gasteiger partial charge in [-0.3, -0.25) is 4.90 Å². The van der Waals surface area contributed by atoms with Gasteiger partial charge in [-0.25, -0.2) is 9.18 Å². The van der Waals surface area contributed by atoms with Crippen LogP contribution in [0, 0.1) is 22.6 Å². The molecule has 1 heterocycles. The molecule has 130 valence electrons. The van der Waals surface area contributed by atoms with E-state index < -0.39 is 17.1 Å². The van der Waals surface area contributed by atoms with E-state index in [1.165, 1.54) is 12.1 Å². The molecule has 0 spiro atoms. The van der Waals surface area contributed by atoms with Crippen molar-refractivity contribution in [2.45, 2.75) is 65.1 Å². The Morgan fingerprint density at radius 1 is 1.29 bits per heavy atom. The molecule has 0 aromatic heterocycles. The van der Waals surface area contributed by atoms with E-state index in [1.807, 2.05) is 40.7 Å². The first-order valence-corrected chi connectivity index (χ1v) is 8.23. The zero-order valence-electron chi connectivity index (χ0n) is 15.0. The normalized spacial score (nSPS) is 21.5. The highest BCUT2D eigenvalue weighted by molar-refractivity contribution is 5.70. The average molecular weight is 332 g/mol. The highest BCUT2D eigenvalue weighted by atomic mass is 19.1. The van der Waals surface area contributed by atoms with Crippen molar-refractivity contribution in [2.24, 2.45) is 5.41 Å². The number of halogens is 1. The van der Waals surface area contributed by atoms with Crippen LogP contribution in [0.5, 0.6) is 0 Å². The number of likely N-dealkylation sites (tertiary alicyclic amines) is 1.